The molecule has 3 aromatic rings. The van der Waals surface area contributed by atoms with Crippen molar-refractivity contribution in [2.75, 3.05) is 16.0 Å². The Balaban J connectivity index is 1.28. The number of hydrogen-bond donors (Lipinski definition) is 3. The zero-order valence-corrected chi connectivity index (χ0v) is 16.9. The predicted molar refractivity (Wildman–Crippen MR) is 117 cm³/mol. The van der Waals surface area contributed by atoms with E-state index in [2.05, 4.69) is 20.9 Å². The summed E-state index contributed by atoms with van der Waals surface area (Å²) in [7, 11) is 0. The molecule has 1 saturated carbocycles. The van der Waals surface area contributed by atoms with Gasteiger partial charge in [-0.2, -0.15) is 0 Å². The molecule has 1 fully saturated rings. The molecule has 3 amide bonds. The van der Waals surface area contributed by atoms with Gasteiger partial charge >= 0.3 is 0 Å². The SMILES string of the molecule is O=C(Cc1csc(NC(=O)c2ccccc2)n1)Nc1ccc(NC(=O)C2CC2)cc1. The van der Waals surface area contributed by atoms with Gasteiger partial charge in [0.1, 0.15) is 0 Å². The Hall–Kier alpha value is -3.52. The molecule has 0 saturated heterocycles. The highest BCUT2D eigenvalue weighted by Crippen LogP contribution is 2.30. The summed E-state index contributed by atoms with van der Waals surface area (Å²) in [6, 6.07) is 15.9. The fraction of sp³-hybridized carbons (Fsp3) is 0.182. The van der Waals surface area contributed by atoms with E-state index >= 15 is 0 Å². The molecule has 1 aliphatic rings. The van der Waals surface area contributed by atoms with Crippen molar-refractivity contribution in [3.05, 3.63) is 71.2 Å². The van der Waals surface area contributed by atoms with Gasteiger partial charge < -0.3 is 10.6 Å². The normalized spacial score (nSPS) is 12.8. The first-order valence-corrected chi connectivity index (χ1v) is 10.5. The van der Waals surface area contributed by atoms with Gasteiger partial charge in [0.05, 0.1) is 12.1 Å². The number of rotatable bonds is 7. The van der Waals surface area contributed by atoms with Gasteiger partial charge in [0.2, 0.25) is 11.8 Å². The average Bonchev–Trinajstić information content (AvgIpc) is 3.52. The van der Waals surface area contributed by atoms with Crippen LogP contribution in [0, 0.1) is 5.92 Å². The smallest absolute Gasteiger partial charge is 0.257 e. The van der Waals surface area contributed by atoms with E-state index in [1.165, 1.54) is 11.3 Å². The van der Waals surface area contributed by atoms with Crippen LogP contribution in [0.5, 0.6) is 0 Å². The predicted octanol–water partition coefficient (Wildman–Crippen LogP) is 3.93. The van der Waals surface area contributed by atoms with Crippen LogP contribution in [-0.4, -0.2) is 22.7 Å². The summed E-state index contributed by atoms with van der Waals surface area (Å²) in [5.74, 6) is -0.263. The molecule has 0 radical (unpaired) electrons. The lowest BCUT2D eigenvalue weighted by Gasteiger charge is -2.07. The maximum absolute atomic E-state index is 12.3. The summed E-state index contributed by atoms with van der Waals surface area (Å²) in [4.78, 5) is 40.5. The van der Waals surface area contributed by atoms with Crippen LogP contribution < -0.4 is 16.0 Å². The van der Waals surface area contributed by atoms with Gasteiger partial charge in [-0.1, -0.05) is 18.2 Å². The third-order valence-corrected chi connectivity index (χ3v) is 5.34. The molecule has 0 aliphatic heterocycles. The summed E-state index contributed by atoms with van der Waals surface area (Å²) in [6.07, 6.45) is 2.00. The monoisotopic (exact) mass is 420 g/mol. The van der Waals surface area contributed by atoms with E-state index in [1.54, 1.807) is 53.9 Å². The lowest BCUT2D eigenvalue weighted by Crippen LogP contribution is -2.15. The highest BCUT2D eigenvalue weighted by atomic mass is 32.1. The van der Waals surface area contributed by atoms with Crippen LogP contribution in [-0.2, 0) is 16.0 Å². The maximum atomic E-state index is 12.3. The van der Waals surface area contributed by atoms with Crippen molar-refractivity contribution >= 4 is 45.6 Å². The van der Waals surface area contributed by atoms with E-state index < -0.39 is 0 Å². The number of carbonyl (C=O) groups is 3. The first-order chi connectivity index (χ1) is 14.6. The zero-order valence-electron chi connectivity index (χ0n) is 16.1. The molecular weight excluding hydrogens is 400 g/mol. The first-order valence-electron chi connectivity index (χ1n) is 9.58. The molecule has 0 bridgehead atoms. The minimum absolute atomic E-state index is 0.0467. The van der Waals surface area contributed by atoms with Gasteiger partial charge in [-0.25, -0.2) is 4.98 Å². The molecule has 1 aliphatic carbocycles. The molecule has 2 aromatic carbocycles. The molecule has 1 heterocycles. The Morgan fingerprint density at radius 3 is 2.23 bits per heavy atom. The van der Waals surface area contributed by atoms with Crippen molar-refractivity contribution in [2.24, 2.45) is 5.92 Å². The summed E-state index contributed by atoms with van der Waals surface area (Å²) < 4.78 is 0. The van der Waals surface area contributed by atoms with Crippen molar-refractivity contribution in [2.45, 2.75) is 19.3 Å². The number of carbonyl (C=O) groups excluding carboxylic acids is 3. The lowest BCUT2D eigenvalue weighted by atomic mass is 10.2. The number of benzene rings is 2. The summed E-state index contributed by atoms with van der Waals surface area (Å²) >= 11 is 1.27. The molecule has 1 aromatic heterocycles. The van der Waals surface area contributed by atoms with Gasteiger partial charge in [-0.3, -0.25) is 19.7 Å². The van der Waals surface area contributed by atoms with Gasteiger partial charge in [0, 0.05) is 28.2 Å². The number of amides is 3. The van der Waals surface area contributed by atoms with E-state index in [1.807, 2.05) is 6.07 Å². The average molecular weight is 420 g/mol. The van der Waals surface area contributed by atoms with Crippen LogP contribution >= 0.6 is 11.3 Å². The Labute approximate surface area is 177 Å². The van der Waals surface area contributed by atoms with E-state index in [0.717, 1.165) is 12.8 Å². The van der Waals surface area contributed by atoms with Crippen LogP contribution in [0.15, 0.2) is 60.0 Å². The molecule has 7 nitrogen and oxygen atoms in total. The summed E-state index contributed by atoms with van der Waals surface area (Å²) in [6.45, 7) is 0. The van der Waals surface area contributed by atoms with E-state index in [9.17, 15) is 14.4 Å². The van der Waals surface area contributed by atoms with Crippen LogP contribution in [0.3, 0.4) is 0 Å². The van der Waals surface area contributed by atoms with Gasteiger partial charge in [-0.15, -0.1) is 11.3 Å². The fourth-order valence-corrected chi connectivity index (χ4v) is 3.51. The molecule has 0 atom stereocenters. The minimum atomic E-state index is -0.241. The molecule has 0 unspecified atom stereocenters. The fourth-order valence-electron chi connectivity index (χ4n) is 2.80. The molecule has 4 rings (SSSR count). The topological polar surface area (TPSA) is 100 Å². The Morgan fingerprint density at radius 1 is 0.900 bits per heavy atom. The van der Waals surface area contributed by atoms with E-state index in [0.29, 0.717) is 27.8 Å². The second kappa shape index (κ2) is 8.87. The third kappa shape index (κ3) is 5.30. The number of nitrogens with one attached hydrogen (secondary N) is 3. The largest absolute Gasteiger partial charge is 0.326 e. The van der Waals surface area contributed by atoms with E-state index in [-0.39, 0.29) is 30.1 Å². The van der Waals surface area contributed by atoms with Crippen LogP contribution in [0.1, 0.15) is 28.9 Å². The van der Waals surface area contributed by atoms with Gasteiger partial charge in [0.15, 0.2) is 5.13 Å². The number of hydrogen-bond acceptors (Lipinski definition) is 5. The number of aromatic nitrogens is 1. The minimum Gasteiger partial charge on any atom is -0.326 e. The second-order valence-electron chi connectivity index (χ2n) is 7.03. The molecule has 3 N–H and O–H groups in total. The van der Waals surface area contributed by atoms with Crippen molar-refractivity contribution in [3.8, 4) is 0 Å². The molecule has 152 valence electrons. The zero-order chi connectivity index (χ0) is 20.9. The Morgan fingerprint density at radius 2 is 1.57 bits per heavy atom. The lowest BCUT2D eigenvalue weighted by molar-refractivity contribution is -0.117. The molecule has 30 heavy (non-hydrogen) atoms. The third-order valence-electron chi connectivity index (χ3n) is 4.53. The Kier molecular flexibility index (Phi) is 5.85. The van der Waals surface area contributed by atoms with Crippen molar-refractivity contribution < 1.29 is 14.4 Å². The second-order valence-corrected chi connectivity index (χ2v) is 7.89. The first kappa shape index (κ1) is 19.8. The Bertz CT molecular complexity index is 1060. The summed E-state index contributed by atoms with van der Waals surface area (Å²) in [5.41, 5.74) is 2.47. The maximum Gasteiger partial charge on any atom is 0.257 e. The number of anilines is 3. The number of nitrogens with zero attached hydrogens (tertiary/aromatic N) is 1. The van der Waals surface area contributed by atoms with Gasteiger partial charge in [-0.05, 0) is 49.2 Å². The van der Waals surface area contributed by atoms with E-state index in [4.69, 9.17) is 0 Å². The highest BCUT2D eigenvalue weighted by Gasteiger charge is 2.29. The molecular formula is C22H20N4O3S. The molecule has 0 spiro atoms. The number of thiazole rings is 1. The van der Waals surface area contributed by atoms with Crippen LogP contribution in [0.4, 0.5) is 16.5 Å². The van der Waals surface area contributed by atoms with Crippen molar-refractivity contribution in [1.29, 1.82) is 0 Å². The van der Waals surface area contributed by atoms with Crippen molar-refractivity contribution in [3.63, 3.8) is 0 Å². The van der Waals surface area contributed by atoms with Gasteiger partial charge in [0.25, 0.3) is 5.91 Å². The van der Waals surface area contributed by atoms with Crippen LogP contribution in [0.25, 0.3) is 0 Å². The summed E-state index contributed by atoms with van der Waals surface area (Å²) in [5, 5.41) is 10.6. The molecule has 8 heteroatoms. The highest BCUT2D eigenvalue weighted by molar-refractivity contribution is 7.14. The standard InChI is InChI=1S/C22H20N4O3S/c27-19(23-16-8-10-17(11-9-16)24-20(28)15-6-7-15)12-18-13-30-22(25-18)26-21(29)14-4-2-1-3-5-14/h1-5,8-11,13,15H,6-7,12H2,(H,23,27)(H,24,28)(H,25,26,29). The quantitative estimate of drug-likeness (QED) is 0.539. The van der Waals surface area contributed by atoms with Crippen LogP contribution in [0.2, 0.25) is 0 Å². The van der Waals surface area contributed by atoms with Crippen molar-refractivity contribution in [1.82, 2.24) is 4.98 Å².